The number of rotatable bonds is 5. The number of hydrogen-bond donors (Lipinski definition) is 1. The van der Waals surface area contributed by atoms with Gasteiger partial charge in [-0.05, 0) is 31.3 Å². The molecule has 0 saturated heterocycles. The van der Waals surface area contributed by atoms with E-state index in [0.717, 1.165) is 30.3 Å². The zero-order chi connectivity index (χ0) is 12.8. The minimum Gasteiger partial charge on any atom is -0.354 e. The van der Waals surface area contributed by atoms with Crippen LogP contribution in [-0.2, 0) is 13.1 Å². The molecule has 0 aliphatic heterocycles. The van der Waals surface area contributed by atoms with E-state index in [1.165, 1.54) is 0 Å². The average Bonchev–Trinajstić information content (AvgIpc) is 2.40. The lowest BCUT2D eigenvalue weighted by Gasteiger charge is -2.18. The number of anilines is 1. The third-order valence-electron chi connectivity index (χ3n) is 2.67. The molecule has 2 heterocycles. The molecular formula is C14H18N4. The van der Waals surface area contributed by atoms with Crippen molar-refractivity contribution in [3.8, 4) is 0 Å². The maximum absolute atomic E-state index is 4.59. The molecule has 0 atom stereocenters. The second-order valence-corrected chi connectivity index (χ2v) is 4.19. The highest BCUT2D eigenvalue weighted by Gasteiger charge is 2.04. The monoisotopic (exact) mass is 242 g/mol. The smallest absolute Gasteiger partial charge is 0.128 e. The van der Waals surface area contributed by atoms with E-state index in [1.807, 2.05) is 56.7 Å². The molecule has 0 unspecified atom stereocenters. The Hall–Kier alpha value is -1.94. The van der Waals surface area contributed by atoms with Crippen LogP contribution in [0.2, 0.25) is 0 Å². The fraction of sp³-hybridized carbons (Fsp3) is 0.286. The topological polar surface area (TPSA) is 41.0 Å². The Morgan fingerprint density at radius 3 is 2.67 bits per heavy atom. The second kappa shape index (κ2) is 6.12. The lowest BCUT2D eigenvalue weighted by Crippen LogP contribution is -2.19. The van der Waals surface area contributed by atoms with Crippen molar-refractivity contribution in [2.45, 2.75) is 13.1 Å². The fourth-order valence-electron chi connectivity index (χ4n) is 1.77. The molecule has 2 aromatic heterocycles. The van der Waals surface area contributed by atoms with Crippen LogP contribution in [0, 0.1) is 0 Å². The predicted molar refractivity (Wildman–Crippen MR) is 73.3 cm³/mol. The van der Waals surface area contributed by atoms with Crippen molar-refractivity contribution in [2.24, 2.45) is 0 Å². The molecule has 0 aliphatic rings. The van der Waals surface area contributed by atoms with E-state index in [-0.39, 0.29) is 0 Å². The Labute approximate surface area is 108 Å². The largest absolute Gasteiger partial charge is 0.354 e. The number of hydrogen-bond acceptors (Lipinski definition) is 4. The summed E-state index contributed by atoms with van der Waals surface area (Å²) in [7, 11) is 3.95. The van der Waals surface area contributed by atoms with Crippen LogP contribution in [0.15, 0.2) is 42.6 Å². The molecule has 2 aromatic rings. The van der Waals surface area contributed by atoms with Gasteiger partial charge in [-0.2, -0.15) is 0 Å². The standard InChI is InChI=1S/C14H18N4/c1-15-10-12-7-5-8-14(17-12)18(2)11-13-6-3-4-9-16-13/h3-9,15H,10-11H2,1-2H3. The van der Waals surface area contributed by atoms with Gasteiger partial charge < -0.3 is 10.2 Å². The first kappa shape index (κ1) is 12.5. The van der Waals surface area contributed by atoms with E-state index in [1.54, 1.807) is 0 Å². The lowest BCUT2D eigenvalue weighted by molar-refractivity contribution is 0.781. The molecule has 1 N–H and O–H groups in total. The predicted octanol–water partition coefficient (Wildman–Crippen LogP) is 1.83. The first-order valence-corrected chi connectivity index (χ1v) is 6.01. The van der Waals surface area contributed by atoms with Crippen molar-refractivity contribution in [2.75, 3.05) is 19.0 Å². The minimum atomic E-state index is 0.761. The van der Waals surface area contributed by atoms with E-state index < -0.39 is 0 Å². The first-order valence-electron chi connectivity index (χ1n) is 6.01. The van der Waals surface area contributed by atoms with Crippen LogP contribution in [0.25, 0.3) is 0 Å². The Balaban J connectivity index is 2.08. The van der Waals surface area contributed by atoms with Gasteiger partial charge in [0.25, 0.3) is 0 Å². The van der Waals surface area contributed by atoms with Crippen molar-refractivity contribution in [3.05, 3.63) is 54.0 Å². The van der Waals surface area contributed by atoms with Crippen LogP contribution in [0.5, 0.6) is 0 Å². The van der Waals surface area contributed by atoms with Crippen LogP contribution in [-0.4, -0.2) is 24.1 Å². The molecule has 0 radical (unpaired) electrons. The Morgan fingerprint density at radius 1 is 1.11 bits per heavy atom. The van der Waals surface area contributed by atoms with Crippen molar-refractivity contribution in [1.82, 2.24) is 15.3 Å². The molecule has 0 amide bonds. The molecule has 0 spiro atoms. The summed E-state index contributed by atoms with van der Waals surface area (Å²) in [6, 6.07) is 12.0. The summed E-state index contributed by atoms with van der Waals surface area (Å²) < 4.78 is 0. The Morgan fingerprint density at radius 2 is 1.94 bits per heavy atom. The fourth-order valence-corrected chi connectivity index (χ4v) is 1.77. The quantitative estimate of drug-likeness (QED) is 0.868. The van der Waals surface area contributed by atoms with Gasteiger partial charge in [0.2, 0.25) is 0 Å². The third-order valence-corrected chi connectivity index (χ3v) is 2.67. The van der Waals surface area contributed by atoms with Crippen LogP contribution < -0.4 is 10.2 Å². The highest BCUT2D eigenvalue weighted by Crippen LogP contribution is 2.12. The summed E-state index contributed by atoms with van der Waals surface area (Å²) in [5.41, 5.74) is 2.09. The molecule has 94 valence electrons. The van der Waals surface area contributed by atoms with Gasteiger partial charge in [0, 0.05) is 19.8 Å². The van der Waals surface area contributed by atoms with Gasteiger partial charge in [-0.1, -0.05) is 12.1 Å². The summed E-state index contributed by atoms with van der Waals surface area (Å²) in [5, 5.41) is 3.11. The van der Waals surface area contributed by atoms with E-state index in [0.29, 0.717) is 0 Å². The molecular weight excluding hydrogens is 224 g/mol. The highest BCUT2D eigenvalue weighted by molar-refractivity contribution is 5.38. The lowest BCUT2D eigenvalue weighted by atomic mass is 10.3. The summed E-state index contributed by atoms with van der Waals surface area (Å²) in [6.07, 6.45) is 1.81. The van der Waals surface area contributed by atoms with Crippen molar-refractivity contribution >= 4 is 5.82 Å². The SMILES string of the molecule is CNCc1cccc(N(C)Cc2ccccn2)n1. The summed E-state index contributed by atoms with van der Waals surface area (Å²) in [4.78, 5) is 11.0. The maximum Gasteiger partial charge on any atom is 0.128 e. The summed E-state index contributed by atoms with van der Waals surface area (Å²) >= 11 is 0. The van der Waals surface area contributed by atoms with Gasteiger partial charge in [-0.3, -0.25) is 4.98 Å². The Kier molecular flexibility index (Phi) is 4.25. The van der Waals surface area contributed by atoms with Gasteiger partial charge in [-0.25, -0.2) is 4.98 Å². The van der Waals surface area contributed by atoms with Gasteiger partial charge in [0.05, 0.1) is 17.9 Å². The first-order chi connectivity index (χ1) is 8.79. The Bertz CT molecular complexity index is 484. The second-order valence-electron chi connectivity index (χ2n) is 4.19. The number of pyridine rings is 2. The summed E-state index contributed by atoms with van der Waals surface area (Å²) in [6.45, 7) is 1.54. The van der Waals surface area contributed by atoms with Crippen LogP contribution in [0.1, 0.15) is 11.4 Å². The molecule has 0 aliphatic carbocycles. The maximum atomic E-state index is 4.59. The number of nitrogens with zero attached hydrogens (tertiary/aromatic N) is 3. The van der Waals surface area contributed by atoms with Gasteiger partial charge in [0.1, 0.15) is 5.82 Å². The third kappa shape index (κ3) is 3.28. The van der Waals surface area contributed by atoms with Crippen molar-refractivity contribution in [1.29, 1.82) is 0 Å². The average molecular weight is 242 g/mol. The van der Waals surface area contributed by atoms with E-state index in [2.05, 4.69) is 20.2 Å². The van der Waals surface area contributed by atoms with E-state index in [9.17, 15) is 0 Å². The molecule has 2 rings (SSSR count). The van der Waals surface area contributed by atoms with Gasteiger partial charge >= 0.3 is 0 Å². The van der Waals surface area contributed by atoms with Gasteiger partial charge in [-0.15, -0.1) is 0 Å². The molecule has 4 nitrogen and oxygen atoms in total. The molecule has 4 heteroatoms. The number of aromatic nitrogens is 2. The highest BCUT2D eigenvalue weighted by atomic mass is 15.2. The van der Waals surface area contributed by atoms with Crippen LogP contribution >= 0.6 is 0 Å². The normalized spacial score (nSPS) is 10.3. The van der Waals surface area contributed by atoms with Crippen LogP contribution in [0.4, 0.5) is 5.82 Å². The zero-order valence-electron chi connectivity index (χ0n) is 10.8. The molecule has 0 aromatic carbocycles. The minimum absolute atomic E-state index is 0.761. The zero-order valence-corrected chi connectivity index (χ0v) is 10.8. The molecule has 18 heavy (non-hydrogen) atoms. The molecule has 0 saturated carbocycles. The van der Waals surface area contributed by atoms with E-state index >= 15 is 0 Å². The summed E-state index contributed by atoms with van der Waals surface area (Å²) in [5.74, 6) is 0.966. The molecule has 0 bridgehead atoms. The van der Waals surface area contributed by atoms with Gasteiger partial charge in [0.15, 0.2) is 0 Å². The van der Waals surface area contributed by atoms with Crippen molar-refractivity contribution in [3.63, 3.8) is 0 Å². The number of nitrogens with one attached hydrogen (secondary N) is 1. The molecule has 0 fully saturated rings. The van der Waals surface area contributed by atoms with Crippen molar-refractivity contribution < 1.29 is 0 Å². The van der Waals surface area contributed by atoms with Crippen LogP contribution in [0.3, 0.4) is 0 Å². The van der Waals surface area contributed by atoms with E-state index in [4.69, 9.17) is 0 Å².